The summed E-state index contributed by atoms with van der Waals surface area (Å²) in [4.78, 5) is 27.0. The first-order valence-electron chi connectivity index (χ1n) is 15.4. The van der Waals surface area contributed by atoms with Gasteiger partial charge in [0.2, 0.25) is 0 Å². The number of halogens is 1. The van der Waals surface area contributed by atoms with Gasteiger partial charge in [-0.25, -0.2) is 9.48 Å². The average molecular weight is 616 g/mol. The number of hydrogen-bond donors (Lipinski definition) is 1. The molecule has 0 spiro atoms. The molecule has 9 nitrogen and oxygen atoms in total. The highest BCUT2D eigenvalue weighted by Gasteiger charge is 2.37. The lowest BCUT2D eigenvalue weighted by molar-refractivity contribution is 0.0595. The fourth-order valence-electron chi connectivity index (χ4n) is 6.02. The molecule has 2 fully saturated rings. The Morgan fingerprint density at radius 1 is 1.07 bits per heavy atom. The molecule has 230 valence electrons. The van der Waals surface area contributed by atoms with Gasteiger partial charge in [0.05, 0.1) is 42.2 Å². The van der Waals surface area contributed by atoms with Gasteiger partial charge in [0.1, 0.15) is 5.02 Å². The van der Waals surface area contributed by atoms with Gasteiger partial charge >= 0.3 is 5.69 Å². The lowest BCUT2D eigenvalue weighted by Crippen LogP contribution is -2.42. The van der Waals surface area contributed by atoms with Gasteiger partial charge in [-0.05, 0) is 74.7 Å². The van der Waals surface area contributed by atoms with Crippen LogP contribution < -0.4 is 16.6 Å². The van der Waals surface area contributed by atoms with E-state index in [-0.39, 0.29) is 33.4 Å². The van der Waals surface area contributed by atoms with Crippen molar-refractivity contribution in [2.24, 2.45) is 5.92 Å². The summed E-state index contributed by atoms with van der Waals surface area (Å²) in [6.45, 7) is 14.5. The minimum atomic E-state index is -1.91. The summed E-state index contributed by atoms with van der Waals surface area (Å²) in [5.74, 6) is 0.409. The van der Waals surface area contributed by atoms with Crippen molar-refractivity contribution >= 4 is 36.6 Å². The fourth-order valence-corrected chi connectivity index (χ4v) is 7.26. The summed E-state index contributed by atoms with van der Waals surface area (Å²) in [6.07, 6.45) is 6.90. The number of anilines is 1. The van der Waals surface area contributed by atoms with Gasteiger partial charge < -0.3 is 14.5 Å². The van der Waals surface area contributed by atoms with E-state index < -0.39 is 8.32 Å². The number of aromatic nitrogens is 4. The van der Waals surface area contributed by atoms with Crippen molar-refractivity contribution < 1.29 is 9.16 Å². The Morgan fingerprint density at radius 2 is 1.76 bits per heavy atom. The van der Waals surface area contributed by atoms with Crippen LogP contribution >= 0.6 is 11.6 Å². The third-order valence-corrected chi connectivity index (χ3v) is 14.5. The minimum absolute atomic E-state index is 0.00982. The molecule has 0 bridgehead atoms. The first-order valence-corrected chi connectivity index (χ1v) is 18.7. The number of rotatable bonds is 9. The molecule has 1 N–H and O–H groups in total. The molecule has 1 saturated heterocycles. The molecular formula is C31H46ClN5O4Si. The summed E-state index contributed by atoms with van der Waals surface area (Å²) in [5, 5.41) is 8.11. The number of ether oxygens (including phenoxy) is 1. The standard InChI is InChI=1S/C31H46ClN5O4Si/c1-31(2,3)42(4,5)41-18-16-35-26-10-6-7-11-27(26)36(30(35)39)23-12-14-24(15-13-23)37-29(38)28(32)25(20-34-37)33-19-22-9-8-17-40-21-22/h6-7,10-11,20,22-24,33H,8-9,12-19,21H2,1-5H3/t22-,23?,24?/m1/s1. The van der Waals surface area contributed by atoms with Crippen LogP contribution in [-0.4, -0.2) is 53.6 Å². The van der Waals surface area contributed by atoms with E-state index in [0.29, 0.717) is 31.3 Å². The first-order chi connectivity index (χ1) is 20.0. The van der Waals surface area contributed by atoms with Crippen LogP contribution in [0.2, 0.25) is 23.2 Å². The van der Waals surface area contributed by atoms with Crippen molar-refractivity contribution in [1.82, 2.24) is 18.9 Å². The molecule has 0 radical (unpaired) electrons. The Bertz CT molecular complexity index is 1490. The maximum absolute atomic E-state index is 13.8. The van der Waals surface area contributed by atoms with Gasteiger partial charge in [0.25, 0.3) is 5.56 Å². The molecule has 1 aliphatic heterocycles. The second-order valence-electron chi connectivity index (χ2n) is 13.5. The summed E-state index contributed by atoms with van der Waals surface area (Å²) in [7, 11) is -1.91. The van der Waals surface area contributed by atoms with E-state index in [2.05, 4.69) is 44.3 Å². The van der Waals surface area contributed by atoms with Crippen molar-refractivity contribution in [2.75, 3.05) is 31.7 Å². The van der Waals surface area contributed by atoms with Crippen LogP contribution in [0.15, 0.2) is 40.1 Å². The lowest BCUT2D eigenvalue weighted by atomic mass is 9.91. The maximum atomic E-state index is 13.8. The normalized spacial score (nSPS) is 22.0. The average Bonchev–Trinajstić information content (AvgIpc) is 3.25. The van der Waals surface area contributed by atoms with Crippen molar-refractivity contribution in [3.05, 3.63) is 56.3 Å². The molecule has 1 aliphatic carbocycles. The number of nitrogens with one attached hydrogen (secondary N) is 1. The van der Waals surface area contributed by atoms with Crippen molar-refractivity contribution in [3.63, 3.8) is 0 Å². The quantitative estimate of drug-likeness (QED) is 0.287. The highest BCUT2D eigenvalue weighted by molar-refractivity contribution is 6.74. The highest BCUT2D eigenvalue weighted by Crippen LogP contribution is 2.37. The van der Waals surface area contributed by atoms with Crippen LogP contribution in [-0.2, 0) is 15.7 Å². The SMILES string of the molecule is CC(C)(C)[Si](C)(C)OCCn1c(=O)n(C2CCC(n3ncc(NC[C@H]4CCCOC4)c(Cl)c3=O)CC2)c2ccccc21. The molecule has 2 aliphatic rings. The molecule has 1 aromatic carbocycles. The zero-order chi connectivity index (χ0) is 30.1. The molecule has 3 aromatic rings. The number of fused-ring (bicyclic) bond motifs is 1. The number of benzene rings is 1. The number of hydrogen-bond acceptors (Lipinski definition) is 6. The van der Waals surface area contributed by atoms with E-state index in [1.807, 2.05) is 33.4 Å². The van der Waals surface area contributed by atoms with E-state index in [1.54, 1.807) is 6.20 Å². The summed E-state index contributed by atoms with van der Waals surface area (Å²) < 4.78 is 17.3. The van der Waals surface area contributed by atoms with Crippen LogP contribution in [0, 0.1) is 5.92 Å². The Hall–Kier alpha value is -2.40. The predicted molar refractivity (Wildman–Crippen MR) is 171 cm³/mol. The van der Waals surface area contributed by atoms with Crippen LogP contribution in [0.1, 0.15) is 71.4 Å². The monoisotopic (exact) mass is 615 g/mol. The molecule has 5 rings (SSSR count). The molecule has 1 atom stereocenters. The summed E-state index contributed by atoms with van der Waals surface area (Å²) in [5.41, 5.74) is 2.22. The number of nitrogens with zero attached hydrogens (tertiary/aromatic N) is 4. The van der Waals surface area contributed by atoms with E-state index in [1.165, 1.54) is 4.68 Å². The van der Waals surface area contributed by atoms with Gasteiger partial charge in [-0.1, -0.05) is 44.5 Å². The largest absolute Gasteiger partial charge is 0.415 e. The zero-order valence-corrected chi connectivity index (χ0v) is 27.5. The zero-order valence-electron chi connectivity index (χ0n) is 25.7. The van der Waals surface area contributed by atoms with E-state index >= 15 is 0 Å². The van der Waals surface area contributed by atoms with Gasteiger partial charge in [-0.2, -0.15) is 5.10 Å². The second-order valence-corrected chi connectivity index (χ2v) is 18.6. The van der Waals surface area contributed by atoms with Crippen molar-refractivity contribution in [2.45, 2.75) is 96.1 Å². The van der Waals surface area contributed by atoms with Gasteiger partial charge in [0, 0.05) is 25.7 Å². The molecule has 3 heterocycles. The smallest absolute Gasteiger partial charge is 0.329 e. The number of para-hydroxylation sites is 2. The third kappa shape index (κ3) is 6.42. The summed E-state index contributed by atoms with van der Waals surface area (Å²) in [6, 6.07) is 8.04. The van der Waals surface area contributed by atoms with Gasteiger partial charge in [0.15, 0.2) is 8.32 Å². The Morgan fingerprint density at radius 3 is 2.43 bits per heavy atom. The lowest BCUT2D eigenvalue weighted by Gasteiger charge is -2.36. The molecule has 2 aromatic heterocycles. The van der Waals surface area contributed by atoms with Crippen molar-refractivity contribution in [3.8, 4) is 0 Å². The van der Waals surface area contributed by atoms with Gasteiger partial charge in [-0.3, -0.25) is 13.9 Å². The van der Waals surface area contributed by atoms with E-state index in [9.17, 15) is 9.59 Å². The molecule has 0 amide bonds. The molecule has 11 heteroatoms. The first kappa shape index (κ1) is 31.0. The minimum Gasteiger partial charge on any atom is -0.415 e. The predicted octanol–water partition coefficient (Wildman–Crippen LogP) is 6.23. The maximum Gasteiger partial charge on any atom is 0.329 e. The van der Waals surface area contributed by atoms with Crippen molar-refractivity contribution in [1.29, 1.82) is 0 Å². The Kier molecular flexibility index (Phi) is 9.37. The van der Waals surface area contributed by atoms with Crippen LogP contribution in [0.3, 0.4) is 0 Å². The number of imidazole rings is 1. The second kappa shape index (κ2) is 12.7. The van der Waals surface area contributed by atoms with Gasteiger partial charge in [-0.15, -0.1) is 0 Å². The molecule has 42 heavy (non-hydrogen) atoms. The fraction of sp³-hybridized carbons (Fsp3) is 0.645. The van der Waals surface area contributed by atoms with E-state index in [0.717, 1.165) is 62.8 Å². The molecular weight excluding hydrogens is 570 g/mol. The third-order valence-electron chi connectivity index (χ3n) is 9.61. The van der Waals surface area contributed by atoms with E-state index in [4.69, 9.17) is 20.8 Å². The van der Waals surface area contributed by atoms with Crippen LogP contribution in [0.25, 0.3) is 11.0 Å². The van der Waals surface area contributed by atoms with Crippen LogP contribution in [0.5, 0.6) is 0 Å². The topological polar surface area (TPSA) is 92.3 Å². The Balaban J connectivity index is 1.27. The molecule has 0 unspecified atom stereocenters. The van der Waals surface area contributed by atoms with Crippen LogP contribution in [0.4, 0.5) is 5.69 Å². The Labute approximate surface area is 254 Å². The summed E-state index contributed by atoms with van der Waals surface area (Å²) >= 11 is 6.52. The highest BCUT2D eigenvalue weighted by atomic mass is 35.5. The molecule has 1 saturated carbocycles.